The fourth-order valence-electron chi connectivity index (χ4n) is 3.01. The van der Waals surface area contributed by atoms with Gasteiger partial charge in [-0.05, 0) is 19.3 Å². The first kappa shape index (κ1) is 16.2. The number of thiazole rings is 1. The molecule has 124 valence electrons. The number of aromatic nitrogens is 3. The van der Waals surface area contributed by atoms with Gasteiger partial charge < -0.3 is 5.32 Å². The highest BCUT2D eigenvalue weighted by atomic mass is 32.1. The molecule has 2 aromatic heterocycles. The lowest BCUT2D eigenvalue weighted by Crippen LogP contribution is -2.26. The van der Waals surface area contributed by atoms with E-state index < -0.39 is 11.8 Å². The molecule has 0 radical (unpaired) electrons. The number of nitrogens with zero attached hydrogens (tertiary/aromatic N) is 4. The van der Waals surface area contributed by atoms with Gasteiger partial charge in [0, 0.05) is 32.6 Å². The summed E-state index contributed by atoms with van der Waals surface area (Å²) in [5.74, 6) is 0.246. The maximum Gasteiger partial charge on any atom is 0.230 e. The highest BCUT2D eigenvalue weighted by molar-refractivity contribution is 7.15. The van der Waals surface area contributed by atoms with Gasteiger partial charge in [-0.15, -0.1) is 0 Å². The summed E-state index contributed by atoms with van der Waals surface area (Å²) in [4.78, 5) is 14.8. The molecule has 2 aromatic rings. The summed E-state index contributed by atoms with van der Waals surface area (Å²) >= 11 is 1.35. The summed E-state index contributed by atoms with van der Waals surface area (Å²) in [7, 11) is 1.74. The van der Waals surface area contributed by atoms with Gasteiger partial charge in [0.05, 0.1) is 17.3 Å². The van der Waals surface area contributed by atoms with E-state index in [1.165, 1.54) is 23.7 Å². The monoisotopic (exact) mass is 339 g/mol. The van der Waals surface area contributed by atoms with Crippen LogP contribution in [0.1, 0.15) is 24.0 Å². The molecule has 0 spiro atoms. The van der Waals surface area contributed by atoms with Crippen LogP contribution in [0.15, 0.2) is 12.4 Å². The number of rotatable bonds is 5. The molecule has 1 aliphatic heterocycles. The third kappa shape index (κ3) is 3.81. The van der Waals surface area contributed by atoms with Crippen molar-refractivity contribution in [3.63, 3.8) is 0 Å². The second kappa shape index (κ2) is 6.84. The number of anilines is 1. The van der Waals surface area contributed by atoms with Crippen molar-refractivity contribution in [1.29, 1.82) is 0 Å². The molecule has 0 amide bonds. The van der Waals surface area contributed by atoms with Crippen molar-refractivity contribution in [2.45, 2.75) is 32.4 Å². The van der Waals surface area contributed by atoms with E-state index in [1.807, 2.05) is 0 Å². The number of halogens is 2. The third-order valence-electron chi connectivity index (χ3n) is 4.15. The van der Waals surface area contributed by atoms with Gasteiger partial charge in [-0.2, -0.15) is 9.37 Å². The van der Waals surface area contributed by atoms with Crippen LogP contribution in [-0.2, 0) is 13.0 Å². The summed E-state index contributed by atoms with van der Waals surface area (Å²) in [6, 6.07) is 0.361. The Morgan fingerprint density at radius 1 is 1.35 bits per heavy atom. The van der Waals surface area contributed by atoms with E-state index in [1.54, 1.807) is 7.05 Å². The Morgan fingerprint density at radius 3 is 2.74 bits per heavy atom. The largest absolute Gasteiger partial charge is 0.365 e. The molecule has 1 N–H and O–H groups in total. The smallest absolute Gasteiger partial charge is 0.230 e. The van der Waals surface area contributed by atoms with Crippen molar-refractivity contribution in [2.75, 3.05) is 18.9 Å². The number of likely N-dealkylation sites (tertiary alicyclic amines) is 1. The fraction of sp³-hybridized carbons (Fsp3) is 0.533. The van der Waals surface area contributed by atoms with E-state index in [-0.39, 0.29) is 0 Å². The number of hydrogen-bond acceptors (Lipinski definition) is 6. The van der Waals surface area contributed by atoms with Crippen molar-refractivity contribution in [1.82, 2.24) is 19.9 Å². The van der Waals surface area contributed by atoms with E-state index >= 15 is 0 Å². The SMILES string of the molecule is CNc1nc(F)c(CN2C[C@@H](Cc3ncc(F)cn3)C[C@H]2C)s1. The first-order chi connectivity index (χ1) is 11.0. The zero-order valence-corrected chi connectivity index (χ0v) is 13.9. The third-order valence-corrected chi connectivity index (χ3v) is 5.18. The molecule has 0 aromatic carbocycles. The van der Waals surface area contributed by atoms with Crippen molar-refractivity contribution in [3.05, 3.63) is 34.9 Å². The molecule has 0 bridgehead atoms. The predicted molar refractivity (Wildman–Crippen MR) is 85.3 cm³/mol. The van der Waals surface area contributed by atoms with Crippen LogP contribution in [-0.4, -0.2) is 39.5 Å². The average Bonchev–Trinajstić information content (AvgIpc) is 3.05. The molecule has 8 heteroatoms. The zero-order chi connectivity index (χ0) is 16.4. The number of nitrogens with one attached hydrogen (secondary N) is 1. The van der Waals surface area contributed by atoms with Crippen LogP contribution in [0.4, 0.5) is 13.9 Å². The molecule has 1 saturated heterocycles. The molecule has 0 unspecified atom stereocenters. The minimum Gasteiger partial charge on any atom is -0.365 e. The minimum atomic E-state index is -0.420. The molecular formula is C15H19F2N5S. The van der Waals surface area contributed by atoms with Crippen molar-refractivity contribution in [2.24, 2.45) is 5.92 Å². The molecule has 3 rings (SSSR count). The second-order valence-electron chi connectivity index (χ2n) is 5.88. The van der Waals surface area contributed by atoms with E-state index in [0.29, 0.717) is 40.8 Å². The predicted octanol–water partition coefficient (Wildman–Crippen LogP) is 2.71. The Kier molecular flexibility index (Phi) is 4.82. The molecule has 23 heavy (non-hydrogen) atoms. The summed E-state index contributed by atoms with van der Waals surface area (Å²) < 4.78 is 26.7. The molecule has 1 aliphatic rings. The van der Waals surface area contributed by atoms with Gasteiger partial charge in [0.2, 0.25) is 5.95 Å². The molecule has 2 atom stereocenters. The van der Waals surface area contributed by atoms with Crippen LogP contribution in [0.3, 0.4) is 0 Å². The summed E-state index contributed by atoms with van der Waals surface area (Å²) in [6.07, 6.45) is 4.11. The maximum absolute atomic E-state index is 13.8. The molecule has 0 aliphatic carbocycles. The normalized spacial score (nSPS) is 21.7. The van der Waals surface area contributed by atoms with Gasteiger partial charge in [0.25, 0.3) is 0 Å². The Balaban J connectivity index is 1.61. The van der Waals surface area contributed by atoms with Gasteiger partial charge in [-0.1, -0.05) is 11.3 Å². The lowest BCUT2D eigenvalue weighted by molar-refractivity contribution is 0.253. The Labute approximate surface area is 137 Å². The van der Waals surface area contributed by atoms with Gasteiger partial charge in [0.1, 0.15) is 5.82 Å². The van der Waals surface area contributed by atoms with Gasteiger partial charge >= 0.3 is 0 Å². The topological polar surface area (TPSA) is 53.9 Å². The molecule has 0 saturated carbocycles. The minimum absolute atomic E-state index is 0.361. The van der Waals surface area contributed by atoms with Crippen LogP contribution >= 0.6 is 11.3 Å². The highest BCUT2D eigenvalue weighted by Crippen LogP contribution is 2.30. The van der Waals surface area contributed by atoms with Gasteiger partial charge in [0.15, 0.2) is 10.9 Å². The Hall–Kier alpha value is -1.67. The van der Waals surface area contributed by atoms with E-state index in [0.717, 1.165) is 13.0 Å². The van der Waals surface area contributed by atoms with Crippen molar-refractivity contribution >= 4 is 16.5 Å². The summed E-state index contributed by atoms with van der Waals surface area (Å²) in [5.41, 5.74) is 0. The molecular weight excluding hydrogens is 320 g/mol. The molecule has 1 fully saturated rings. The summed E-state index contributed by atoms with van der Waals surface area (Å²) in [5, 5.41) is 3.47. The van der Waals surface area contributed by atoms with Crippen LogP contribution in [0.2, 0.25) is 0 Å². The van der Waals surface area contributed by atoms with Crippen molar-refractivity contribution < 1.29 is 8.78 Å². The standard InChI is InChI=1S/C15H19F2N5S/c1-9-3-10(4-13-19-5-11(16)6-20-13)7-22(9)8-12-14(17)21-15(18-2)23-12/h5-6,9-10H,3-4,7-8H2,1-2H3,(H,18,21)/t9-,10-/m1/s1. The highest BCUT2D eigenvalue weighted by Gasteiger charge is 2.30. The Morgan fingerprint density at radius 2 is 2.09 bits per heavy atom. The molecule has 5 nitrogen and oxygen atoms in total. The molecule has 3 heterocycles. The van der Waals surface area contributed by atoms with E-state index in [9.17, 15) is 8.78 Å². The quantitative estimate of drug-likeness (QED) is 0.908. The first-order valence-corrected chi connectivity index (χ1v) is 8.40. The average molecular weight is 339 g/mol. The van der Waals surface area contributed by atoms with Crippen molar-refractivity contribution in [3.8, 4) is 0 Å². The summed E-state index contributed by atoms with van der Waals surface area (Å²) in [6.45, 7) is 3.56. The first-order valence-electron chi connectivity index (χ1n) is 7.58. The number of hydrogen-bond donors (Lipinski definition) is 1. The van der Waals surface area contributed by atoms with Crippen LogP contribution in [0, 0.1) is 17.7 Å². The lowest BCUT2D eigenvalue weighted by Gasteiger charge is -2.19. The van der Waals surface area contributed by atoms with Gasteiger partial charge in [-0.3, -0.25) is 4.90 Å². The zero-order valence-electron chi connectivity index (χ0n) is 13.1. The second-order valence-corrected chi connectivity index (χ2v) is 6.97. The van der Waals surface area contributed by atoms with Crippen LogP contribution < -0.4 is 5.32 Å². The van der Waals surface area contributed by atoms with Gasteiger partial charge in [-0.25, -0.2) is 14.4 Å². The lowest BCUT2D eigenvalue weighted by atomic mass is 10.0. The van der Waals surface area contributed by atoms with E-state index in [2.05, 4.69) is 32.1 Å². The maximum atomic E-state index is 13.8. The van der Waals surface area contributed by atoms with E-state index in [4.69, 9.17) is 0 Å². The van der Waals surface area contributed by atoms with Crippen LogP contribution in [0.25, 0.3) is 0 Å². The Bertz CT molecular complexity index is 660. The fourth-order valence-corrected chi connectivity index (χ4v) is 3.83. The van der Waals surface area contributed by atoms with Crippen LogP contribution in [0.5, 0.6) is 0 Å².